The number of fused-ring (bicyclic) bond motifs is 4. The average Bonchev–Trinajstić information content (AvgIpc) is 2.42. The standard InChI is InChI=1S/2C8H14.9C8H16/c1-6-4-7-2-3-8(6)5-7;1-6-7-2-3-8(6)5-4-7;2*1-7-4-5-8(2,3)6-7;1-7-5-4-6-8(7,2)3;1-6-4-5-7(2)8(6)3;1-7-3-5-8(2)6-4-7;1-7-4-3-5-8(2)6-7;1-8(2)6-4-3-5-7-8;1-7(2)8-5-3-4-6-8;1-3-8(2)6-4-5-7-8/h2*6-8H,2-5H2,1H3;3*7H,4-6H2,1-3H3;6-8H,4-5H2,1-3H3;2*7-8H,3-6H2,1-2H3;3-7H2,1-2H3;7-8H,3-6H2,1-2H3;3-7H2,1-2H3/t6-,7?,8?;;7-;;7-;;;7-,8?;;;/m0.0.0..1.../s1. The maximum atomic E-state index is 2.44. The van der Waals surface area contributed by atoms with Crippen molar-refractivity contribution in [2.75, 3.05) is 0 Å². The molecular weight excluding hydrogens is 1060 g/mol. The van der Waals surface area contributed by atoms with E-state index >= 15 is 0 Å². The first-order chi connectivity index (χ1) is 41.1. The first-order valence-electron chi connectivity index (χ1n) is 41.1. The van der Waals surface area contributed by atoms with Gasteiger partial charge in [-0.15, -0.1) is 0 Å². The molecule has 6 unspecified atom stereocenters. The van der Waals surface area contributed by atoms with Gasteiger partial charge in [-0.2, -0.15) is 0 Å². The summed E-state index contributed by atoms with van der Waals surface area (Å²) in [5, 5.41) is 0. The molecule has 0 aromatic heterocycles. The molecule has 13 saturated carbocycles. The van der Waals surface area contributed by atoms with Crippen LogP contribution in [-0.2, 0) is 0 Å². The van der Waals surface area contributed by atoms with E-state index in [-0.39, 0.29) is 0 Å². The molecule has 0 radical (unpaired) electrons. The van der Waals surface area contributed by atoms with Crippen molar-refractivity contribution in [3.05, 3.63) is 0 Å². The Kier molecular flexibility index (Phi) is 38.5. The van der Waals surface area contributed by atoms with Gasteiger partial charge in [0.2, 0.25) is 0 Å². The summed E-state index contributed by atoms with van der Waals surface area (Å²) in [7, 11) is 0. The second-order valence-corrected chi connectivity index (χ2v) is 39.5. The van der Waals surface area contributed by atoms with E-state index in [4.69, 9.17) is 0 Å². The van der Waals surface area contributed by atoms with Gasteiger partial charge in [-0.1, -0.05) is 320 Å². The van der Waals surface area contributed by atoms with Crippen LogP contribution in [0.15, 0.2) is 0 Å². The monoisotopic (exact) mass is 1230 g/mol. The maximum Gasteiger partial charge on any atom is -0.0328 e. The smallest absolute Gasteiger partial charge is 0.0328 e. The molecule has 13 rings (SSSR count). The fraction of sp³-hybridized carbons (Fsp3) is 1.00. The zero-order valence-electron chi connectivity index (χ0n) is 65.9. The topological polar surface area (TPSA) is 0 Å². The van der Waals surface area contributed by atoms with Crippen molar-refractivity contribution in [3.63, 3.8) is 0 Å². The SMILES string of the molecule is CC(C)C1CCCC1.CC1(C)CCCCC1.CC1C2CCC1CC2.CC1CCC(C)(C)C1.CC1CCC(C)C1C.CC1CCC(C)CC1.CC1CCC[C@@H](C)C1.CCC1(C)CCCC1.C[C@H]1CC2CCC1C2.C[C@H]1CCC(C)(C)C1.C[C@H]1CCCC1(C)C. The number of hydrogen-bond donors (Lipinski definition) is 0. The van der Waals surface area contributed by atoms with Crippen molar-refractivity contribution in [2.45, 2.75) is 429 Å². The first kappa shape index (κ1) is 82.2. The van der Waals surface area contributed by atoms with E-state index in [9.17, 15) is 0 Å². The average molecular weight is 1230 g/mol. The molecule has 13 fully saturated rings. The van der Waals surface area contributed by atoms with Crippen LogP contribution in [0.1, 0.15) is 429 Å². The van der Waals surface area contributed by atoms with Gasteiger partial charge in [0.15, 0.2) is 0 Å². The van der Waals surface area contributed by atoms with Gasteiger partial charge in [0, 0.05) is 0 Å². The van der Waals surface area contributed by atoms with Gasteiger partial charge in [-0.25, -0.2) is 0 Å². The van der Waals surface area contributed by atoms with Crippen LogP contribution in [0.4, 0.5) is 0 Å². The van der Waals surface area contributed by atoms with E-state index in [1.54, 1.807) is 51.4 Å². The summed E-state index contributed by atoms with van der Waals surface area (Å²) in [4.78, 5) is 0. The molecule has 0 saturated heterocycles. The van der Waals surface area contributed by atoms with Crippen molar-refractivity contribution in [2.24, 2.45) is 134 Å². The lowest BCUT2D eigenvalue weighted by molar-refractivity contribution is 0.244. The normalized spacial score (nSPS) is 37.9. The van der Waals surface area contributed by atoms with Gasteiger partial charge in [-0.3, -0.25) is 0 Å². The van der Waals surface area contributed by atoms with E-state index in [0.29, 0.717) is 21.7 Å². The highest BCUT2D eigenvalue weighted by atomic mass is 14.4. The fourth-order valence-electron chi connectivity index (χ4n) is 19.7. The predicted octanol–water partition coefficient (Wildman–Crippen LogP) is 30.5. The Labute approximate surface area is 559 Å². The van der Waals surface area contributed by atoms with Crippen LogP contribution in [0.5, 0.6) is 0 Å². The highest BCUT2D eigenvalue weighted by Crippen LogP contribution is 2.50. The minimum absolute atomic E-state index is 0.653. The molecular formula is C88H172. The van der Waals surface area contributed by atoms with Crippen molar-refractivity contribution in [1.29, 1.82) is 0 Å². The summed E-state index contributed by atoms with van der Waals surface area (Å²) in [6.45, 7) is 57.0. The summed E-state index contributed by atoms with van der Waals surface area (Å²) in [5.74, 6) is 18.7. The van der Waals surface area contributed by atoms with Gasteiger partial charge >= 0.3 is 0 Å². The molecule has 0 N–H and O–H groups in total. The first-order valence-corrected chi connectivity index (χ1v) is 41.1. The van der Waals surface area contributed by atoms with E-state index in [2.05, 4.69) is 166 Å². The molecule has 0 aliphatic heterocycles. The Balaban J connectivity index is 0.000000253. The molecule has 0 heteroatoms. The van der Waals surface area contributed by atoms with Crippen molar-refractivity contribution < 1.29 is 0 Å². The van der Waals surface area contributed by atoms with Crippen LogP contribution in [0.25, 0.3) is 0 Å². The Morgan fingerprint density at radius 3 is 0.932 bits per heavy atom. The third-order valence-electron chi connectivity index (χ3n) is 28.2. The van der Waals surface area contributed by atoms with Gasteiger partial charge in [0.05, 0.1) is 0 Å². The molecule has 0 amide bonds. The third kappa shape index (κ3) is 33.6. The van der Waals surface area contributed by atoms with E-state index in [0.717, 1.165) is 112 Å². The molecule has 10 atom stereocenters. The van der Waals surface area contributed by atoms with Gasteiger partial charge < -0.3 is 0 Å². The molecule has 13 aliphatic rings. The summed E-state index contributed by atoms with van der Waals surface area (Å²) in [6.07, 6.45) is 60.7. The molecule has 4 bridgehead atoms. The minimum Gasteiger partial charge on any atom is -0.0649 e. The highest BCUT2D eigenvalue weighted by Gasteiger charge is 2.39. The second-order valence-electron chi connectivity index (χ2n) is 39.5. The maximum absolute atomic E-state index is 2.44. The van der Waals surface area contributed by atoms with Crippen molar-refractivity contribution in [1.82, 2.24) is 0 Å². The van der Waals surface area contributed by atoms with Gasteiger partial charge in [0.25, 0.3) is 0 Å². The van der Waals surface area contributed by atoms with Crippen LogP contribution in [-0.4, -0.2) is 0 Å². The summed E-state index contributed by atoms with van der Waals surface area (Å²) in [5.41, 5.74) is 3.40. The molecule has 0 heterocycles. The van der Waals surface area contributed by atoms with Gasteiger partial charge in [0.1, 0.15) is 0 Å². The Morgan fingerprint density at radius 1 is 0.307 bits per heavy atom. The van der Waals surface area contributed by atoms with Gasteiger partial charge in [-0.05, 0) is 243 Å². The summed E-state index contributed by atoms with van der Waals surface area (Å²) < 4.78 is 0. The summed E-state index contributed by atoms with van der Waals surface area (Å²) >= 11 is 0. The Bertz CT molecular complexity index is 1600. The van der Waals surface area contributed by atoms with Crippen LogP contribution in [0.2, 0.25) is 0 Å². The van der Waals surface area contributed by atoms with E-state index in [1.807, 2.05) is 0 Å². The zero-order chi connectivity index (χ0) is 65.9. The van der Waals surface area contributed by atoms with Crippen LogP contribution in [0.3, 0.4) is 0 Å². The molecule has 524 valence electrons. The Hall–Kier alpha value is 0. The fourth-order valence-corrected chi connectivity index (χ4v) is 19.7. The Morgan fingerprint density at radius 2 is 0.750 bits per heavy atom. The van der Waals surface area contributed by atoms with Crippen LogP contribution < -0.4 is 0 Å². The summed E-state index contributed by atoms with van der Waals surface area (Å²) in [6, 6.07) is 0. The van der Waals surface area contributed by atoms with Crippen LogP contribution in [0, 0.1) is 134 Å². The quantitative estimate of drug-likeness (QED) is 0.259. The van der Waals surface area contributed by atoms with Crippen molar-refractivity contribution in [3.8, 4) is 0 Å². The lowest BCUT2D eigenvalue weighted by Gasteiger charge is -2.28. The van der Waals surface area contributed by atoms with Crippen LogP contribution >= 0.6 is 0 Å². The largest absolute Gasteiger partial charge is 0.0649 e. The molecule has 88 heavy (non-hydrogen) atoms. The van der Waals surface area contributed by atoms with E-state index < -0.39 is 0 Å². The molecule has 0 spiro atoms. The van der Waals surface area contributed by atoms with E-state index in [1.165, 1.54) is 212 Å². The molecule has 13 aliphatic carbocycles. The molecule has 0 aromatic rings. The molecule has 0 aromatic carbocycles. The predicted molar refractivity (Wildman–Crippen MR) is 400 cm³/mol. The van der Waals surface area contributed by atoms with Crippen molar-refractivity contribution >= 4 is 0 Å². The highest BCUT2D eigenvalue weighted by molar-refractivity contribution is 4.90. The third-order valence-corrected chi connectivity index (χ3v) is 28.2. The lowest BCUT2D eigenvalue weighted by Crippen LogP contribution is -2.14. The number of rotatable bonds is 2. The number of hydrogen-bond acceptors (Lipinski definition) is 0. The molecule has 0 nitrogen and oxygen atoms in total. The zero-order valence-corrected chi connectivity index (χ0v) is 65.9. The second kappa shape index (κ2) is 41.2. The lowest BCUT2D eigenvalue weighted by atomic mass is 9.78. The minimum atomic E-state index is 0.653.